The zero-order chi connectivity index (χ0) is 14.2. The number of carboxylic acid groups (broad SMARTS) is 1. The molecule has 1 aliphatic heterocycles. The molecule has 1 heterocycles. The average Bonchev–Trinajstić information content (AvgIpc) is 2.35. The van der Waals surface area contributed by atoms with Crippen molar-refractivity contribution in [3.8, 4) is 5.75 Å². The number of aliphatic carboxylic acids is 1. The number of alkyl halides is 3. The van der Waals surface area contributed by atoms with E-state index in [2.05, 4.69) is 0 Å². The average molecular weight is 296 g/mol. The summed E-state index contributed by atoms with van der Waals surface area (Å²) in [7, 11) is 0. The van der Waals surface area contributed by atoms with E-state index in [1.165, 1.54) is 6.07 Å². The van der Waals surface area contributed by atoms with Gasteiger partial charge in [-0.15, -0.1) is 0 Å². The van der Waals surface area contributed by atoms with E-state index in [-0.39, 0.29) is 35.3 Å². The van der Waals surface area contributed by atoms with Crippen molar-refractivity contribution < 1.29 is 27.8 Å². The normalized spacial score (nSPS) is 17.4. The van der Waals surface area contributed by atoms with Crippen LogP contribution in [0.5, 0.6) is 5.75 Å². The topological polar surface area (TPSA) is 46.5 Å². The molecule has 1 aliphatic rings. The molecule has 0 bridgehead atoms. The Morgan fingerprint density at radius 3 is 2.55 bits per heavy atom. The summed E-state index contributed by atoms with van der Waals surface area (Å²) in [5.74, 6) is -1.58. The van der Waals surface area contributed by atoms with E-state index in [1.807, 2.05) is 6.92 Å². The van der Waals surface area contributed by atoms with Crippen LogP contribution in [-0.4, -0.2) is 52.9 Å². The van der Waals surface area contributed by atoms with Gasteiger partial charge in [0.1, 0.15) is 5.75 Å². The van der Waals surface area contributed by atoms with E-state index < -0.39 is 23.8 Å². The molecule has 1 N–H and O–H groups in total. The predicted octanol–water partition coefficient (Wildman–Crippen LogP) is 2.39. The van der Waals surface area contributed by atoms with Crippen molar-refractivity contribution in [1.29, 1.82) is 0 Å². The number of aryl methyl sites for hydroxylation is 1. The van der Waals surface area contributed by atoms with Crippen LogP contribution in [0.3, 0.4) is 0 Å². The third kappa shape index (κ3) is 3.37. The number of halogens is 3. The minimum absolute atomic E-state index is 0. The van der Waals surface area contributed by atoms with Gasteiger partial charge in [-0.25, -0.2) is 4.79 Å². The SMILES string of the molecule is CCc1ccc2c(c1)C=C(C(=O)O)[C@@H](C(F)(F)F)O2.[NaH]. The first-order valence-corrected chi connectivity index (χ1v) is 5.64. The summed E-state index contributed by atoms with van der Waals surface area (Å²) < 4.78 is 43.1. The minimum atomic E-state index is -4.76. The van der Waals surface area contributed by atoms with Crippen LogP contribution < -0.4 is 4.74 Å². The van der Waals surface area contributed by atoms with Crippen LogP contribution in [0.25, 0.3) is 6.08 Å². The molecule has 2 rings (SSSR count). The molecule has 20 heavy (non-hydrogen) atoms. The fourth-order valence-electron chi connectivity index (χ4n) is 1.89. The zero-order valence-electron chi connectivity index (χ0n) is 9.99. The van der Waals surface area contributed by atoms with E-state index in [9.17, 15) is 18.0 Å². The van der Waals surface area contributed by atoms with Crippen LogP contribution >= 0.6 is 0 Å². The predicted molar refractivity (Wildman–Crippen MR) is 69.1 cm³/mol. The Morgan fingerprint density at radius 2 is 2.05 bits per heavy atom. The van der Waals surface area contributed by atoms with Crippen molar-refractivity contribution >= 4 is 41.6 Å². The molecule has 1 aromatic rings. The van der Waals surface area contributed by atoms with Crippen LogP contribution in [0.4, 0.5) is 13.2 Å². The first kappa shape index (κ1) is 17.1. The van der Waals surface area contributed by atoms with Gasteiger partial charge in [-0.1, -0.05) is 13.0 Å². The van der Waals surface area contributed by atoms with Gasteiger partial charge in [0.2, 0.25) is 6.10 Å². The number of fused-ring (bicyclic) bond motifs is 1. The first-order valence-electron chi connectivity index (χ1n) is 5.64. The molecule has 0 radical (unpaired) electrons. The number of hydrogen-bond donors (Lipinski definition) is 1. The summed E-state index contributed by atoms with van der Waals surface area (Å²) in [4.78, 5) is 10.9. The van der Waals surface area contributed by atoms with Gasteiger partial charge in [0.05, 0.1) is 5.57 Å². The Bertz CT molecular complexity index is 552. The summed E-state index contributed by atoms with van der Waals surface area (Å²) in [5, 5.41) is 8.88. The van der Waals surface area contributed by atoms with Gasteiger partial charge in [0.15, 0.2) is 0 Å². The Hall–Kier alpha value is -0.980. The molecular weight excluding hydrogens is 284 g/mol. The molecular formula is C13H12F3NaO3. The summed E-state index contributed by atoms with van der Waals surface area (Å²) in [5.41, 5.74) is 0.458. The van der Waals surface area contributed by atoms with Crippen LogP contribution in [0, 0.1) is 0 Å². The van der Waals surface area contributed by atoms with Crippen LogP contribution in [0.1, 0.15) is 18.1 Å². The molecule has 104 valence electrons. The summed E-state index contributed by atoms with van der Waals surface area (Å²) in [6.07, 6.45) is -5.46. The molecule has 3 nitrogen and oxygen atoms in total. The maximum absolute atomic E-state index is 12.8. The number of rotatable bonds is 2. The van der Waals surface area contributed by atoms with E-state index in [0.717, 1.165) is 11.6 Å². The number of benzene rings is 1. The molecule has 0 unspecified atom stereocenters. The van der Waals surface area contributed by atoms with Crippen molar-refractivity contribution in [2.75, 3.05) is 0 Å². The first-order chi connectivity index (χ1) is 8.82. The second kappa shape index (κ2) is 6.20. The Balaban J connectivity index is 0.00000200. The van der Waals surface area contributed by atoms with Gasteiger partial charge in [-0.2, -0.15) is 13.2 Å². The molecule has 0 aliphatic carbocycles. The monoisotopic (exact) mass is 296 g/mol. The van der Waals surface area contributed by atoms with E-state index in [0.29, 0.717) is 12.0 Å². The van der Waals surface area contributed by atoms with E-state index in [1.54, 1.807) is 12.1 Å². The van der Waals surface area contributed by atoms with Gasteiger partial charge >= 0.3 is 41.7 Å². The number of carbonyl (C=O) groups is 1. The molecule has 7 heteroatoms. The van der Waals surface area contributed by atoms with Gasteiger partial charge < -0.3 is 9.84 Å². The van der Waals surface area contributed by atoms with Crippen LogP contribution in [-0.2, 0) is 11.2 Å². The molecule has 0 fully saturated rings. The number of carboxylic acids is 1. The molecule has 1 aromatic carbocycles. The molecule has 0 aromatic heterocycles. The second-order valence-electron chi connectivity index (χ2n) is 4.17. The second-order valence-corrected chi connectivity index (χ2v) is 4.17. The van der Waals surface area contributed by atoms with Gasteiger partial charge in [-0.3, -0.25) is 0 Å². The number of ether oxygens (including phenoxy) is 1. The van der Waals surface area contributed by atoms with Crippen molar-refractivity contribution in [3.63, 3.8) is 0 Å². The molecule has 0 spiro atoms. The molecule has 0 saturated heterocycles. The Kier molecular flexibility index (Phi) is 5.29. The fraction of sp³-hybridized carbons (Fsp3) is 0.308. The molecule has 0 saturated carbocycles. The Morgan fingerprint density at radius 1 is 1.40 bits per heavy atom. The maximum atomic E-state index is 12.8. The fourth-order valence-corrected chi connectivity index (χ4v) is 1.89. The van der Waals surface area contributed by atoms with Gasteiger partial charge in [0.25, 0.3) is 0 Å². The standard InChI is InChI=1S/C13H11F3O3.Na.H/c1-2-7-3-4-10-8(5-7)6-9(12(17)18)11(19-10)13(14,15)16;;/h3-6,11H,2H2,1H3,(H,17,18);;/t11-;;/m0../s1. The summed E-state index contributed by atoms with van der Waals surface area (Å²) in [6, 6.07) is 4.72. The molecule has 1 atom stereocenters. The summed E-state index contributed by atoms with van der Waals surface area (Å²) >= 11 is 0. The van der Waals surface area contributed by atoms with Crippen LogP contribution in [0.2, 0.25) is 0 Å². The third-order valence-corrected chi connectivity index (χ3v) is 2.86. The summed E-state index contributed by atoms with van der Waals surface area (Å²) in [6.45, 7) is 1.89. The van der Waals surface area contributed by atoms with Crippen molar-refractivity contribution in [3.05, 3.63) is 34.9 Å². The van der Waals surface area contributed by atoms with Crippen molar-refractivity contribution in [1.82, 2.24) is 0 Å². The Labute approximate surface area is 135 Å². The van der Waals surface area contributed by atoms with E-state index in [4.69, 9.17) is 9.84 Å². The zero-order valence-corrected chi connectivity index (χ0v) is 9.99. The van der Waals surface area contributed by atoms with Crippen LogP contribution in [0.15, 0.2) is 23.8 Å². The van der Waals surface area contributed by atoms with E-state index >= 15 is 0 Å². The van der Waals surface area contributed by atoms with Gasteiger partial charge in [-0.05, 0) is 30.2 Å². The van der Waals surface area contributed by atoms with Crippen molar-refractivity contribution in [2.24, 2.45) is 0 Å². The van der Waals surface area contributed by atoms with Gasteiger partial charge in [0, 0.05) is 5.56 Å². The quantitative estimate of drug-likeness (QED) is 0.852. The number of hydrogen-bond acceptors (Lipinski definition) is 2. The molecule has 0 amide bonds. The third-order valence-electron chi connectivity index (χ3n) is 2.86. The van der Waals surface area contributed by atoms with Crippen molar-refractivity contribution in [2.45, 2.75) is 25.6 Å².